The largest absolute Gasteiger partial charge is 0.493 e. The van der Waals surface area contributed by atoms with Crippen molar-refractivity contribution in [2.45, 2.75) is 33.3 Å². The van der Waals surface area contributed by atoms with Crippen molar-refractivity contribution in [3.8, 4) is 11.5 Å². The number of rotatable bonds is 9. The molecule has 0 saturated carbocycles. The lowest BCUT2D eigenvalue weighted by molar-refractivity contribution is -0.113. The third kappa shape index (κ3) is 6.52. The molecule has 0 spiro atoms. The molecule has 41 heavy (non-hydrogen) atoms. The van der Waals surface area contributed by atoms with E-state index in [1.165, 1.54) is 29.0 Å². The highest BCUT2D eigenvalue weighted by Crippen LogP contribution is 2.38. The summed E-state index contributed by atoms with van der Waals surface area (Å²) in [5.41, 5.74) is 5.20. The zero-order chi connectivity index (χ0) is 28.8. The Morgan fingerprint density at radius 3 is 2.22 bits per heavy atom. The van der Waals surface area contributed by atoms with E-state index in [0.29, 0.717) is 27.1 Å². The van der Waals surface area contributed by atoms with Crippen LogP contribution in [0.5, 0.6) is 11.5 Å². The summed E-state index contributed by atoms with van der Waals surface area (Å²) in [5.74, 6) is 0.501. The van der Waals surface area contributed by atoms with Crippen molar-refractivity contribution in [2.24, 2.45) is 4.99 Å². The minimum Gasteiger partial charge on any atom is -0.493 e. The molecule has 1 fully saturated rings. The number of halogens is 1. The number of aliphatic imine (C=N–C) groups is 1. The van der Waals surface area contributed by atoms with Crippen LogP contribution >= 0.6 is 11.8 Å². The first-order valence-electron chi connectivity index (χ1n) is 13.5. The van der Waals surface area contributed by atoms with Gasteiger partial charge in [-0.15, -0.1) is 0 Å². The van der Waals surface area contributed by atoms with Crippen LogP contribution in [0.3, 0.4) is 0 Å². The minimum atomic E-state index is -0.322. The fraction of sp³-hybridized carbons (Fsp3) is 0.176. The van der Waals surface area contributed by atoms with Gasteiger partial charge in [-0.05, 0) is 89.8 Å². The number of nitrogens with zero attached hydrogens (tertiary/aromatic N) is 2. The highest BCUT2D eigenvalue weighted by Gasteiger charge is 2.34. The summed E-state index contributed by atoms with van der Waals surface area (Å²) in [5, 5.41) is 0.589. The molecule has 5 nitrogen and oxygen atoms in total. The first-order chi connectivity index (χ1) is 20.0. The average Bonchev–Trinajstić information content (AvgIpc) is 3.31. The van der Waals surface area contributed by atoms with Gasteiger partial charge >= 0.3 is 0 Å². The Balaban J connectivity index is 1.44. The van der Waals surface area contributed by atoms with Crippen molar-refractivity contribution in [2.75, 3.05) is 12.0 Å². The maximum atomic E-state index is 14.0. The number of carbonyl (C=O) groups is 1. The highest BCUT2D eigenvalue weighted by molar-refractivity contribution is 8.19. The fourth-order valence-corrected chi connectivity index (χ4v) is 5.39. The Morgan fingerprint density at radius 1 is 0.878 bits per heavy atom. The predicted octanol–water partition coefficient (Wildman–Crippen LogP) is 8.35. The molecule has 0 aliphatic carbocycles. The lowest BCUT2D eigenvalue weighted by Gasteiger charge is -2.16. The summed E-state index contributed by atoms with van der Waals surface area (Å²) in [6.07, 6.45) is 3.69. The van der Waals surface area contributed by atoms with Crippen LogP contribution in [-0.2, 0) is 24.2 Å². The van der Waals surface area contributed by atoms with Crippen LogP contribution in [0.1, 0.15) is 36.1 Å². The monoisotopic (exact) mass is 566 g/mol. The van der Waals surface area contributed by atoms with Crippen molar-refractivity contribution >= 4 is 40.3 Å². The molecule has 5 rings (SSSR count). The number of ether oxygens (including phenoxy) is 2. The van der Waals surface area contributed by atoms with Crippen LogP contribution in [0, 0.1) is 5.82 Å². The van der Waals surface area contributed by atoms with Gasteiger partial charge in [-0.25, -0.2) is 9.38 Å². The summed E-state index contributed by atoms with van der Waals surface area (Å²) < 4.78 is 25.4. The summed E-state index contributed by atoms with van der Waals surface area (Å²) in [4.78, 5) is 20.8. The second-order valence-electron chi connectivity index (χ2n) is 9.48. The molecule has 0 atom stereocenters. The molecular formula is C34H31FN2O3S. The molecule has 4 aromatic rings. The maximum absolute atomic E-state index is 14.0. The number of carbonyl (C=O) groups excluding carboxylic acids is 1. The van der Waals surface area contributed by atoms with E-state index in [1.54, 1.807) is 42.3 Å². The summed E-state index contributed by atoms with van der Waals surface area (Å²) in [6.45, 7) is 4.29. The highest BCUT2D eigenvalue weighted by atomic mass is 32.2. The van der Waals surface area contributed by atoms with E-state index in [1.807, 2.05) is 48.5 Å². The Morgan fingerprint density at radius 2 is 1.56 bits per heavy atom. The quantitative estimate of drug-likeness (QED) is 0.191. The van der Waals surface area contributed by atoms with Gasteiger partial charge in [0.15, 0.2) is 16.7 Å². The molecule has 0 N–H and O–H groups in total. The molecule has 1 aliphatic rings. The van der Waals surface area contributed by atoms with Gasteiger partial charge in [-0.2, -0.15) is 0 Å². The van der Waals surface area contributed by atoms with Crippen molar-refractivity contribution in [1.82, 2.24) is 0 Å². The number of hydrogen-bond acceptors (Lipinski definition) is 5. The minimum absolute atomic E-state index is 0.0721. The van der Waals surface area contributed by atoms with Crippen molar-refractivity contribution in [1.29, 1.82) is 0 Å². The number of methoxy groups -OCH3 is 1. The fourth-order valence-electron chi connectivity index (χ4n) is 4.39. The van der Waals surface area contributed by atoms with E-state index < -0.39 is 0 Å². The summed E-state index contributed by atoms with van der Waals surface area (Å²) in [6, 6.07) is 28.0. The molecule has 0 unspecified atom stereocenters. The second-order valence-corrected chi connectivity index (χ2v) is 10.5. The molecule has 1 heterocycles. The van der Waals surface area contributed by atoms with Crippen LogP contribution < -0.4 is 14.4 Å². The smallest absolute Gasteiger partial charge is 0.271 e. The number of hydrogen-bond donors (Lipinski definition) is 0. The number of amides is 1. The van der Waals surface area contributed by atoms with Gasteiger partial charge in [-0.3, -0.25) is 9.69 Å². The topological polar surface area (TPSA) is 51.1 Å². The Labute approximate surface area is 244 Å². The van der Waals surface area contributed by atoms with Crippen molar-refractivity contribution in [3.63, 3.8) is 0 Å². The van der Waals surface area contributed by atoms with E-state index >= 15 is 0 Å². The average molecular weight is 567 g/mol. The molecule has 0 bridgehead atoms. The SMILES string of the molecule is CCc1ccc(N=C2S/C(=C\c3ccc(OCc4ccccc4F)c(OC)c3)C(=O)N2c2ccc(CC)cc2)cc1. The number of thioether (sulfide) groups is 1. The molecule has 1 aliphatic heterocycles. The third-order valence-corrected chi connectivity index (χ3v) is 7.77. The number of aryl methyl sites for hydroxylation is 2. The molecule has 0 radical (unpaired) electrons. The van der Waals surface area contributed by atoms with Gasteiger partial charge in [-0.1, -0.05) is 62.4 Å². The van der Waals surface area contributed by atoms with Gasteiger partial charge in [0.05, 0.1) is 23.4 Å². The first-order valence-corrected chi connectivity index (χ1v) is 14.4. The van der Waals surface area contributed by atoms with Gasteiger partial charge in [0, 0.05) is 5.56 Å². The van der Waals surface area contributed by atoms with E-state index in [2.05, 4.69) is 26.0 Å². The zero-order valence-corrected chi connectivity index (χ0v) is 24.1. The zero-order valence-electron chi connectivity index (χ0n) is 23.3. The van der Waals surface area contributed by atoms with Crippen molar-refractivity contribution in [3.05, 3.63) is 124 Å². The number of anilines is 1. The van der Waals surface area contributed by atoms with E-state index in [-0.39, 0.29) is 18.3 Å². The Bertz CT molecular complexity index is 1600. The summed E-state index contributed by atoms with van der Waals surface area (Å²) in [7, 11) is 1.55. The standard InChI is InChI=1S/C34H31FN2O3S/c1-4-23-10-15-27(16-11-23)36-34-37(28-17-12-24(5-2)13-18-28)33(38)32(41-34)21-25-14-19-30(31(20-25)39-3)40-22-26-8-6-7-9-29(26)35/h6-21H,4-5,22H2,1-3H3/b32-21-,36-34?. The second kappa shape index (κ2) is 12.9. The van der Waals surface area contributed by atoms with Gasteiger partial charge in [0.25, 0.3) is 5.91 Å². The van der Waals surface area contributed by atoms with Crippen LogP contribution in [0.4, 0.5) is 15.8 Å². The predicted molar refractivity (Wildman–Crippen MR) is 166 cm³/mol. The van der Waals surface area contributed by atoms with E-state index in [9.17, 15) is 9.18 Å². The molecule has 1 amide bonds. The van der Waals surface area contributed by atoms with Crippen molar-refractivity contribution < 1.29 is 18.7 Å². The van der Waals surface area contributed by atoms with E-state index in [0.717, 1.165) is 29.8 Å². The first kappa shape index (κ1) is 28.2. The normalized spacial score (nSPS) is 15.1. The number of amidine groups is 1. The maximum Gasteiger partial charge on any atom is 0.271 e. The lowest BCUT2D eigenvalue weighted by Crippen LogP contribution is -2.28. The molecule has 4 aromatic carbocycles. The third-order valence-electron chi connectivity index (χ3n) is 6.80. The number of benzene rings is 4. The van der Waals surface area contributed by atoms with Gasteiger partial charge in [0.1, 0.15) is 12.4 Å². The molecule has 208 valence electrons. The van der Waals surface area contributed by atoms with Crippen LogP contribution in [0.15, 0.2) is 101 Å². The van der Waals surface area contributed by atoms with Gasteiger partial charge < -0.3 is 9.47 Å². The molecule has 1 saturated heterocycles. The Kier molecular flexibility index (Phi) is 8.85. The molecule has 7 heteroatoms. The molecular weight excluding hydrogens is 535 g/mol. The molecule has 0 aromatic heterocycles. The lowest BCUT2D eigenvalue weighted by atomic mass is 10.1. The van der Waals surface area contributed by atoms with Crippen LogP contribution in [-0.4, -0.2) is 18.2 Å². The van der Waals surface area contributed by atoms with Gasteiger partial charge in [0.2, 0.25) is 0 Å². The van der Waals surface area contributed by atoms with E-state index in [4.69, 9.17) is 14.5 Å². The summed E-state index contributed by atoms with van der Waals surface area (Å²) >= 11 is 1.33. The van der Waals surface area contributed by atoms with Crippen LogP contribution in [0.2, 0.25) is 0 Å². The van der Waals surface area contributed by atoms with Crippen LogP contribution in [0.25, 0.3) is 6.08 Å². The Hall–Kier alpha value is -4.36.